The van der Waals surface area contributed by atoms with Crippen LogP contribution in [0.3, 0.4) is 0 Å². The fourth-order valence-electron chi connectivity index (χ4n) is 9.49. The van der Waals surface area contributed by atoms with Crippen molar-refractivity contribution in [3.05, 3.63) is 102 Å². The number of rotatable bonds is 19. The molecule has 0 amide bonds. The molecule has 31 nitrogen and oxygen atoms in total. The van der Waals surface area contributed by atoms with Gasteiger partial charge in [0.2, 0.25) is 36.7 Å². The van der Waals surface area contributed by atoms with E-state index < -0.39 is 201 Å². The fourth-order valence-corrected chi connectivity index (χ4v) is 9.49. The molecule has 5 aromatic rings. The van der Waals surface area contributed by atoms with Gasteiger partial charge in [-0.25, -0.2) is 14.0 Å². The summed E-state index contributed by atoms with van der Waals surface area (Å²) in [5.41, 5.74) is 0.150. The van der Waals surface area contributed by atoms with Crippen LogP contribution >= 0.6 is 0 Å². The molecule has 476 valence electrons. The van der Waals surface area contributed by atoms with Crippen LogP contribution in [0.4, 0.5) is 0 Å². The summed E-state index contributed by atoms with van der Waals surface area (Å²) in [6, 6.07) is 16.3. The molecule has 4 aromatic carbocycles. The van der Waals surface area contributed by atoms with E-state index in [2.05, 4.69) is 0 Å². The second kappa shape index (κ2) is 27.8. The maximum atomic E-state index is 12.8. The van der Waals surface area contributed by atoms with E-state index in [0.717, 1.165) is 42.5 Å². The molecule has 0 aliphatic carbocycles. The highest BCUT2D eigenvalue weighted by Crippen LogP contribution is 2.48. The van der Waals surface area contributed by atoms with Crippen molar-refractivity contribution >= 4 is 35.1 Å². The highest BCUT2D eigenvalue weighted by Gasteiger charge is 2.50. The number of hydrogen-bond donors (Lipinski definition) is 18. The van der Waals surface area contributed by atoms with Gasteiger partial charge in [0.05, 0.1) is 24.8 Å². The molecule has 88 heavy (non-hydrogen) atoms. The van der Waals surface area contributed by atoms with Crippen molar-refractivity contribution in [2.45, 2.75) is 123 Å². The van der Waals surface area contributed by atoms with Crippen molar-refractivity contribution in [2.24, 2.45) is 0 Å². The van der Waals surface area contributed by atoms with Gasteiger partial charge in [0, 0.05) is 36.4 Å². The lowest BCUT2D eigenvalue weighted by atomic mass is 9.99. The molecule has 18 N–H and O–H groups in total. The van der Waals surface area contributed by atoms with E-state index in [9.17, 15) is 102 Å². The van der Waals surface area contributed by atoms with Crippen LogP contribution in [-0.4, -0.2) is 253 Å². The number of aromatic hydroxyl groups is 4. The van der Waals surface area contributed by atoms with Gasteiger partial charge in [-0.1, -0.05) is 24.3 Å². The molecule has 5 heterocycles. The van der Waals surface area contributed by atoms with E-state index in [1.165, 1.54) is 60.7 Å². The first-order valence-electron chi connectivity index (χ1n) is 26.9. The van der Waals surface area contributed by atoms with Crippen LogP contribution in [0.5, 0.6) is 46.0 Å². The third kappa shape index (κ3) is 14.4. The molecule has 4 aliphatic rings. The monoisotopic (exact) mass is 1240 g/mol. The normalized spacial score (nSPS) is 32.6. The van der Waals surface area contributed by atoms with E-state index in [0.29, 0.717) is 11.1 Å². The van der Waals surface area contributed by atoms with Crippen molar-refractivity contribution in [3.63, 3.8) is 0 Å². The fraction of sp³-hybridized carbons (Fsp3) is 0.421. The maximum Gasteiger partial charge on any atom is 0.402 e. The van der Waals surface area contributed by atoms with Gasteiger partial charge < -0.3 is 139 Å². The Morgan fingerprint density at radius 1 is 0.443 bits per heavy atom. The molecule has 20 atom stereocenters. The Hall–Kier alpha value is -7.61. The lowest BCUT2D eigenvalue weighted by molar-refractivity contribution is -0.279. The van der Waals surface area contributed by atoms with Crippen molar-refractivity contribution in [2.75, 3.05) is 26.4 Å². The quantitative estimate of drug-likeness (QED) is 0.0216. The molecule has 4 aliphatic heterocycles. The van der Waals surface area contributed by atoms with E-state index in [1.807, 2.05) is 0 Å². The average molecular weight is 1240 g/mol. The van der Waals surface area contributed by atoms with Crippen LogP contribution in [0.1, 0.15) is 11.1 Å². The molecule has 0 bridgehead atoms. The van der Waals surface area contributed by atoms with Gasteiger partial charge in [-0.15, -0.1) is 0 Å². The number of aliphatic hydroxyl groups is 14. The van der Waals surface area contributed by atoms with E-state index >= 15 is 0 Å². The number of benzene rings is 4. The predicted octanol–water partition coefficient (Wildman–Crippen LogP) is -3.55. The zero-order chi connectivity index (χ0) is 63.4. The second-order valence-corrected chi connectivity index (χ2v) is 20.6. The Balaban J connectivity index is 1.10. The Kier molecular flexibility index (Phi) is 20.5. The van der Waals surface area contributed by atoms with Gasteiger partial charge in [0.25, 0.3) is 0 Å². The zero-order valence-electron chi connectivity index (χ0n) is 45.5. The SMILES string of the molecule is O=C(C=Cc1ccc(O)cc1)OCC1OC(Oc2cc(-c3[o+]c4cc(OC5OC(CO)C(O)C(O)C5O)cc(O)c4cc3OC3OC(CO)C(O)C(O)C3O)cc(OC3OC(COC(=O)C=Cc4ccc(O)cc4)C(O)C(O)C3O)c2O)C(O)C(O)C1O. The highest BCUT2D eigenvalue weighted by atomic mass is 16.7. The molecule has 1 aromatic heterocycles. The van der Waals surface area contributed by atoms with Crippen molar-refractivity contribution in [1.29, 1.82) is 0 Å². The first-order valence-corrected chi connectivity index (χ1v) is 26.9. The molecule has 4 saturated heterocycles. The molecular formula is C57H63O31+. The molecule has 4 fully saturated rings. The summed E-state index contributed by atoms with van der Waals surface area (Å²) in [6.45, 7) is -3.37. The summed E-state index contributed by atoms with van der Waals surface area (Å²) in [7, 11) is 0. The summed E-state index contributed by atoms with van der Waals surface area (Å²) in [6.07, 6.45) is -34.1. The highest BCUT2D eigenvalue weighted by molar-refractivity contribution is 5.89. The van der Waals surface area contributed by atoms with Gasteiger partial charge in [-0.05, 0) is 47.5 Å². The third-order valence-electron chi connectivity index (χ3n) is 14.5. The summed E-state index contributed by atoms with van der Waals surface area (Å²) >= 11 is 0. The van der Waals surface area contributed by atoms with Crippen LogP contribution < -0.4 is 18.9 Å². The number of ether oxygens (including phenoxy) is 10. The lowest BCUT2D eigenvalue weighted by Crippen LogP contribution is -2.60. The number of phenolic OH excluding ortho intramolecular Hbond substituents is 4. The summed E-state index contributed by atoms with van der Waals surface area (Å²) < 4.78 is 63.2. The van der Waals surface area contributed by atoms with Crippen LogP contribution in [0.15, 0.2) is 95.4 Å². The number of phenols is 4. The van der Waals surface area contributed by atoms with Crippen LogP contribution in [0, 0.1) is 0 Å². The van der Waals surface area contributed by atoms with Gasteiger partial charge in [-0.2, -0.15) is 0 Å². The Morgan fingerprint density at radius 2 is 0.818 bits per heavy atom. The molecule has 31 heteroatoms. The topological polar surface area (TPSA) is 502 Å². The second-order valence-electron chi connectivity index (χ2n) is 20.6. The minimum absolute atomic E-state index is 0.0414. The minimum Gasteiger partial charge on any atom is -0.508 e. The third-order valence-corrected chi connectivity index (χ3v) is 14.5. The molecule has 0 radical (unpaired) electrons. The lowest BCUT2D eigenvalue weighted by Gasteiger charge is -2.40. The number of hydrogen-bond acceptors (Lipinski definition) is 30. The summed E-state index contributed by atoms with van der Waals surface area (Å²) in [5, 5.41) is 193. The van der Waals surface area contributed by atoms with Crippen LogP contribution in [0.25, 0.3) is 34.4 Å². The average Bonchev–Trinajstić information content (AvgIpc) is 1.49. The number of fused-ring (bicyclic) bond motifs is 1. The first kappa shape index (κ1) is 64.9. The minimum atomic E-state index is -2.20. The molecular weight excluding hydrogens is 1180 g/mol. The Labute approximate surface area is 495 Å². The van der Waals surface area contributed by atoms with Gasteiger partial charge >= 0.3 is 23.3 Å². The largest absolute Gasteiger partial charge is 0.508 e. The van der Waals surface area contributed by atoms with Gasteiger partial charge in [0.15, 0.2) is 11.5 Å². The van der Waals surface area contributed by atoms with Gasteiger partial charge in [0.1, 0.15) is 139 Å². The molecule has 0 spiro atoms. The van der Waals surface area contributed by atoms with Crippen molar-refractivity contribution < 1.29 is 153 Å². The molecule has 9 rings (SSSR count). The van der Waals surface area contributed by atoms with Gasteiger partial charge in [-0.3, -0.25) is 0 Å². The number of esters is 2. The number of carbonyl (C=O) groups is 2. The zero-order valence-corrected chi connectivity index (χ0v) is 45.5. The van der Waals surface area contributed by atoms with E-state index in [1.54, 1.807) is 0 Å². The summed E-state index contributed by atoms with van der Waals surface area (Å²) in [4.78, 5) is 25.6. The Morgan fingerprint density at radius 3 is 1.23 bits per heavy atom. The van der Waals surface area contributed by atoms with Crippen LogP contribution in [-0.2, 0) is 38.0 Å². The van der Waals surface area contributed by atoms with E-state index in [4.69, 9.17) is 51.8 Å². The maximum absolute atomic E-state index is 12.8. The Bertz CT molecular complexity index is 3140. The van der Waals surface area contributed by atoms with Crippen LogP contribution in [0.2, 0.25) is 0 Å². The van der Waals surface area contributed by atoms with Crippen molar-refractivity contribution in [3.8, 4) is 57.3 Å². The smallest absolute Gasteiger partial charge is 0.402 e. The van der Waals surface area contributed by atoms with E-state index in [-0.39, 0.29) is 28.2 Å². The standard InChI is InChI=1S/C57H62O31/c58-18-34-41(66)45(70)49(74)54(85-34)80-27-15-29(62)28-17-33(84-57-50(75)46(71)42(67)35(19-59)86-57)53(81-30(28)16-27)24-13-31(82-55-51(76)47(72)43(68)36(87-55)20-78-38(63)11-5-22-1-7-25(60)8-2-22)40(65)32(14-24)83-56-52(77)48(73)44(69)37(88-56)21-79-39(64)12-6-23-3-9-26(61)10-4-23/h1-17,34-37,41-52,54-59,66-77H,18-21H2,(H3-,60,61,62,63,64,65)/p+1. The first-order chi connectivity index (χ1) is 41.9. The molecule has 20 unspecified atom stereocenters. The number of carbonyl (C=O) groups excluding carboxylic acids is 2. The molecule has 0 saturated carbocycles. The number of aliphatic hydroxyl groups excluding tert-OH is 14. The predicted molar refractivity (Wildman–Crippen MR) is 289 cm³/mol. The van der Waals surface area contributed by atoms with Crippen molar-refractivity contribution in [1.82, 2.24) is 0 Å². The summed E-state index contributed by atoms with van der Waals surface area (Å²) in [5.74, 6) is -7.05.